The Morgan fingerprint density at radius 2 is 2.06 bits per heavy atom. The van der Waals surface area contributed by atoms with Gasteiger partial charge in [-0.05, 0) is 25.0 Å². The molecule has 0 amide bonds. The number of benzene rings is 1. The minimum absolute atomic E-state index is 0.191. The van der Waals surface area contributed by atoms with Crippen LogP contribution in [-0.2, 0) is 0 Å². The van der Waals surface area contributed by atoms with E-state index in [9.17, 15) is 8.78 Å². The summed E-state index contributed by atoms with van der Waals surface area (Å²) in [6.45, 7) is 1.45. The van der Waals surface area contributed by atoms with Crippen LogP contribution in [0.15, 0.2) is 24.3 Å². The van der Waals surface area contributed by atoms with Gasteiger partial charge in [0.15, 0.2) is 0 Å². The number of rotatable bonds is 7. The summed E-state index contributed by atoms with van der Waals surface area (Å²) in [7, 11) is 0. The molecule has 0 fully saturated rings. The van der Waals surface area contributed by atoms with Crippen LogP contribution in [0.2, 0.25) is 0 Å². The Labute approximate surface area is 101 Å². The maximum absolute atomic E-state index is 12.1. The zero-order chi connectivity index (χ0) is 12.7. The lowest BCUT2D eigenvalue weighted by Gasteiger charge is -2.18. The first-order valence-corrected chi connectivity index (χ1v) is 5.97. The van der Waals surface area contributed by atoms with Gasteiger partial charge < -0.3 is 10.1 Å². The van der Waals surface area contributed by atoms with Crippen molar-refractivity contribution in [1.82, 2.24) is 0 Å². The highest BCUT2D eigenvalue weighted by atomic mass is 19.3. The molecule has 17 heavy (non-hydrogen) atoms. The van der Waals surface area contributed by atoms with Gasteiger partial charge in [0.05, 0.1) is 0 Å². The van der Waals surface area contributed by atoms with E-state index in [0.717, 1.165) is 24.9 Å². The molecule has 0 saturated carbocycles. The summed E-state index contributed by atoms with van der Waals surface area (Å²) in [6, 6.07) is 7.07. The Bertz CT molecular complexity index is 331. The number of hydrogen-bond acceptors (Lipinski definition) is 2. The molecule has 1 N–H and O–H groups in total. The molecule has 1 atom stereocenters. The molecule has 0 spiro atoms. The lowest BCUT2D eigenvalue weighted by Crippen LogP contribution is -2.17. The standard InChI is InChI=1S/C13H19F2NO/c1-3-6-10(4-2)16-11-7-5-8-12(9-11)17-13(14)15/h5,7-10,13,16H,3-4,6H2,1-2H3. The van der Waals surface area contributed by atoms with Crippen molar-refractivity contribution in [2.45, 2.75) is 45.8 Å². The fourth-order valence-electron chi connectivity index (χ4n) is 1.72. The van der Waals surface area contributed by atoms with E-state index in [1.807, 2.05) is 6.07 Å². The molecule has 0 aliphatic heterocycles. The van der Waals surface area contributed by atoms with Crippen molar-refractivity contribution in [3.05, 3.63) is 24.3 Å². The molecule has 0 aliphatic rings. The minimum Gasteiger partial charge on any atom is -0.435 e. The van der Waals surface area contributed by atoms with Crippen molar-refractivity contribution in [3.63, 3.8) is 0 Å². The topological polar surface area (TPSA) is 21.3 Å². The number of nitrogens with one attached hydrogen (secondary N) is 1. The van der Waals surface area contributed by atoms with E-state index in [1.165, 1.54) is 6.07 Å². The van der Waals surface area contributed by atoms with Gasteiger partial charge in [-0.3, -0.25) is 0 Å². The van der Waals surface area contributed by atoms with Crippen LogP contribution >= 0.6 is 0 Å². The van der Waals surface area contributed by atoms with Crippen LogP contribution in [0.4, 0.5) is 14.5 Å². The second kappa shape index (κ2) is 7.09. The molecule has 0 aliphatic carbocycles. The van der Waals surface area contributed by atoms with E-state index in [0.29, 0.717) is 6.04 Å². The third-order valence-electron chi connectivity index (χ3n) is 2.56. The quantitative estimate of drug-likeness (QED) is 0.771. The van der Waals surface area contributed by atoms with Gasteiger partial charge in [0.25, 0.3) is 0 Å². The summed E-state index contributed by atoms with van der Waals surface area (Å²) in [5.74, 6) is 0.191. The summed E-state index contributed by atoms with van der Waals surface area (Å²) in [6.07, 6.45) is 3.17. The average molecular weight is 243 g/mol. The number of anilines is 1. The first-order chi connectivity index (χ1) is 8.15. The largest absolute Gasteiger partial charge is 0.435 e. The third kappa shape index (κ3) is 5.02. The Balaban J connectivity index is 2.63. The van der Waals surface area contributed by atoms with Gasteiger partial charge in [0.1, 0.15) is 5.75 Å². The molecule has 0 saturated heterocycles. The van der Waals surface area contributed by atoms with Crippen LogP contribution < -0.4 is 10.1 Å². The van der Waals surface area contributed by atoms with Crippen LogP contribution in [0.1, 0.15) is 33.1 Å². The van der Waals surface area contributed by atoms with E-state index in [2.05, 4.69) is 23.9 Å². The molecule has 0 radical (unpaired) electrons. The average Bonchev–Trinajstić information content (AvgIpc) is 2.28. The maximum Gasteiger partial charge on any atom is 0.387 e. The lowest BCUT2D eigenvalue weighted by molar-refractivity contribution is -0.0498. The molecule has 0 bridgehead atoms. The van der Waals surface area contributed by atoms with Crippen molar-refractivity contribution in [3.8, 4) is 5.75 Å². The molecule has 1 aromatic carbocycles. The molecule has 1 aromatic rings. The van der Waals surface area contributed by atoms with Gasteiger partial charge in [-0.1, -0.05) is 26.3 Å². The smallest absolute Gasteiger partial charge is 0.387 e. The summed E-state index contributed by atoms with van der Waals surface area (Å²) in [5, 5.41) is 3.32. The van der Waals surface area contributed by atoms with Crippen molar-refractivity contribution in [2.75, 3.05) is 5.32 Å². The van der Waals surface area contributed by atoms with Crippen LogP contribution in [0.3, 0.4) is 0 Å². The van der Waals surface area contributed by atoms with Crippen molar-refractivity contribution >= 4 is 5.69 Å². The molecule has 1 unspecified atom stereocenters. The second-order valence-corrected chi connectivity index (χ2v) is 3.94. The molecule has 0 heterocycles. The molecule has 2 nitrogen and oxygen atoms in total. The fraction of sp³-hybridized carbons (Fsp3) is 0.538. The van der Waals surface area contributed by atoms with E-state index in [1.54, 1.807) is 12.1 Å². The number of hydrogen-bond donors (Lipinski definition) is 1. The minimum atomic E-state index is -2.78. The summed E-state index contributed by atoms with van der Waals surface area (Å²) in [5.41, 5.74) is 0.823. The first kappa shape index (κ1) is 13.7. The van der Waals surface area contributed by atoms with Crippen LogP contribution in [0.5, 0.6) is 5.75 Å². The molecule has 4 heteroatoms. The van der Waals surface area contributed by atoms with Gasteiger partial charge in [-0.25, -0.2) is 0 Å². The number of alkyl halides is 2. The van der Waals surface area contributed by atoms with E-state index >= 15 is 0 Å². The summed E-state index contributed by atoms with van der Waals surface area (Å²) < 4.78 is 28.5. The predicted octanol–water partition coefficient (Wildman–Crippen LogP) is 4.28. The molecule has 1 rings (SSSR count). The Hall–Kier alpha value is -1.32. The van der Waals surface area contributed by atoms with Crippen molar-refractivity contribution in [1.29, 1.82) is 0 Å². The van der Waals surface area contributed by atoms with Gasteiger partial charge in [0.2, 0.25) is 0 Å². The van der Waals surface area contributed by atoms with Gasteiger partial charge in [-0.15, -0.1) is 0 Å². The Morgan fingerprint density at radius 3 is 2.65 bits per heavy atom. The highest BCUT2D eigenvalue weighted by Crippen LogP contribution is 2.21. The number of halogens is 2. The van der Waals surface area contributed by atoms with Gasteiger partial charge >= 0.3 is 6.61 Å². The molecule has 96 valence electrons. The Morgan fingerprint density at radius 1 is 1.29 bits per heavy atom. The van der Waals surface area contributed by atoms with Crippen molar-refractivity contribution in [2.24, 2.45) is 0 Å². The van der Waals surface area contributed by atoms with Gasteiger partial charge in [-0.2, -0.15) is 8.78 Å². The van der Waals surface area contributed by atoms with Crippen LogP contribution in [0, 0.1) is 0 Å². The van der Waals surface area contributed by atoms with Crippen LogP contribution in [0.25, 0.3) is 0 Å². The zero-order valence-corrected chi connectivity index (χ0v) is 10.2. The zero-order valence-electron chi connectivity index (χ0n) is 10.2. The summed E-state index contributed by atoms with van der Waals surface area (Å²) in [4.78, 5) is 0. The normalized spacial score (nSPS) is 12.5. The predicted molar refractivity (Wildman–Crippen MR) is 65.7 cm³/mol. The van der Waals surface area contributed by atoms with Gasteiger partial charge in [0, 0.05) is 17.8 Å². The number of ether oxygens (including phenoxy) is 1. The molecular weight excluding hydrogens is 224 g/mol. The molecular formula is C13H19F2NO. The third-order valence-corrected chi connectivity index (χ3v) is 2.56. The van der Waals surface area contributed by atoms with Crippen molar-refractivity contribution < 1.29 is 13.5 Å². The first-order valence-electron chi connectivity index (χ1n) is 5.97. The molecule has 0 aromatic heterocycles. The van der Waals surface area contributed by atoms with Crippen LogP contribution in [-0.4, -0.2) is 12.7 Å². The van der Waals surface area contributed by atoms with E-state index < -0.39 is 6.61 Å². The second-order valence-electron chi connectivity index (χ2n) is 3.94. The monoisotopic (exact) mass is 243 g/mol. The fourth-order valence-corrected chi connectivity index (χ4v) is 1.72. The maximum atomic E-state index is 12.1. The summed E-state index contributed by atoms with van der Waals surface area (Å²) >= 11 is 0. The SMILES string of the molecule is CCCC(CC)Nc1cccc(OC(F)F)c1. The highest BCUT2D eigenvalue weighted by Gasteiger charge is 2.07. The van der Waals surface area contributed by atoms with E-state index in [4.69, 9.17) is 0 Å². The Kier molecular flexibility index (Phi) is 5.73. The van der Waals surface area contributed by atoms with E-state index in [-0.39, 0.29) is 5.75 Å². The lowest BCUT2D eigenvalue weighted by atomic mass is 10.1. The highest BCUT2D eigenvalue weighted by molar-refractivity contribution is 5.48.